The maximum Gasteiger partial charge on any atom is 0.251 e. The van der Waals surface area contributed by atoms with Gasteiger partial charge in [0.2, 0.25) is 0 Å². The molecule has 108 valence electrons. The van der Waals surface area contributed by atoms with Gasteiger partial charge >= 0.3 is 0 Å². The molecule has 1 heterocycles. The molecule has 2 N–H and O–H groups in total. The second-order valence-corrected chi connectivity index (χ2v) is 6.12. The minimum Gasteiger partial charge on any atom is -0.384 e. The topological polar surface area (TPSA) is 41.1 Å². The summed E-state index contributed by atoms with van der Waals surface area (Å²) in [5.41, 5.74) is 4.16. The molecule has 0 aromatic heterocycles. The second-order valence-electron chi connectivity index (χ2n) is 5.27. The molecule has 1 amide bonds. The highest BCUT2D eigenvalue weighted by Gasteiger charge is 2.16. The van der Waals surface area contributed by atoms with Crippen LogP contribution in [0, 0.1) is 0 Å². The third kappa shape index (κ3) is 2.95. The molecule has 21 heavy (non-hydrogen) atoms. The van der Waals surface area contributed by atoms with Crippen LogP contribution in [-0.4, -0.2) is 12.5 Å². The molecule has 0 unspecified atom stereocenters. The van der Waals surface area contributed by atoms with Crippen LogP contribution in [0.25, 0.3) is 0 Å². The van der Waals surface area contributed by atoms with Crippen LogP contribution in [-0.2, 0) is 6.42 Å². The minimum atomic E-state index is -0.0422. The summed E-state index contributed by atoms with van der Waals surface area (Å²) in [5, 5.41) is 6.36. The normalized spacial score (nSPS) is 14.2. The molecule has 0 spiro atoms. The second kappa shape index (κ2) is 5.90. The van der Waals surface area contributed by atoms with Crippen LogP contribution in [0.2, 0.25) is 0 Å². The lowest BCUT2D eigenvalue weighted by Gasteiger charge is -2.16. The number of hydrogen-bond donors (Lipinski definition) is 2. The Bertz CT molecular complexity index is 684. The molecule has 0 aliphatic carbocycles. The molecule has 0 radical (unpaired) electrons. The first-order valence-corrected chi connectivity index (χ1v) is 7.86. The molecular weight excluding hydrogens is 328 g/mol. The van der Waals surface area contributed by atoms with E-state index in [0.29, 0.717) is 0 Å². The fourth-order valence-electron chi connectivity index (χ4n) is 2.63. The summed E-state index contributed by atoms with van der Waals surface area (Å²) in [6.07, 6.45) is 0.982. The number of anilines is 1. The van der Waals surface area contributed by atoms with Crippen molar-refractivity contribution in [1.29, 1.82) is 0 Å². The Kier molecular flexibility index (Phi) is 3.97. The molecule has 1 aliphatic rings. The van der Waals surface area contributed by atoms with E-state index in [1.807, 2.05) is 49.4 Å². The van der Waals surface area contributed by atoms with Crippen molar-refractivity contribution in [3.8, 4) is 0 Å². The SMILES string of the molecule is C[C@H](NC(=O)c1ccc2c(c1)CCN2)c1ccccc1Br. The third-order valence-electron chi connectivity index (χ3n) is 3.80. The molecule has 2 aromatic carbocycles. The van der Waals surface area contributed by atoms with Crippen LogP contribution in [0.3, 0.4) is 0 Å². The van der Waals surface area contributed by atoms with Gasteiger partial charge in [0.05, 0.1) is 6.04 Å². The summed E-state index contributed by atoms with van der Waals surface area (Å²) in [6, 6.07) is 13.7. The number of hydrogen-bond acceptors (Lipinski definition) is 2. The van der Waals surface area contributed by atoms with Crippen molar-refractivity contribution >= 4 is 27.5 Å². The van der Waals surface area contributed by atoms with E-state index in [9.17, 15) is 4.79 Å². The van der Waals surface area contributed by atoms with E-state index in [4.69, 9.17) is 0 Å². The number of rotatable bonds is 3. The summed E-state index contributed by atoms with van der Waals surface area (Å²) in [5.74, 6) is -0.0343. The number of nitrogens with one attached hydrogen (secondary N) is 2. The quantitative estimate of drug-likeness (QED) is 0.886. The molecule has 2 aromatic rings. The highest BCUT2D eigenvalue weighted by molar-refractivity contribution is 9.10. The van der Waals surface area contributed by atoms with Crippen molar-refractivity contribution in [3.05, 3.63) is 63.6 Å². The van der Waals surface area contributed by atoms with Gasteiger partial charge in [-0.3, -0.25) is 4.79 Å². The summed E-state index contributed by atoms with van der Waals surface area (Å²) >= 11 is 3.52. The molecule has 3 nitrogen and oxygen atoms in total. The number of halogens is 1. The Morgan fingerprint density at radius 1 is 1.29 bits per heavy atom. The summed E-state index contributed by atoms with van der Waals surface area (Å²) in [4.78, 5) is 12.4. The van der Waals surface area contributed by atoms with Crippen LogP contribution in [0.15, 0.2) is 46.9 Å². The Morgan fingerprint density at radius 2 is 2.10 bits per heavy atom. The lowest BCUT2D eigenvalue weighted by Crippen LogP contribution is -2.26. The van der Waals surface area contributed by atoms with Gasteiger partial charge in [0.15, 0.2) is 0 Å². The average molecular weight is 345 g/mol. The molecule has 4 heteroatoms. The fraction of sp³-hybridized carbons (Fsp3) is 0.235. The highest BCUT2D eigenvalue weighted by atomic mass is 79.9. The molecule has 1 atom stereocenters. The van der Waals surface area contributed by atoms with Crippen molar-refractivity contribution in [2.45, 2.75) is 19.4 Å². The van der Waals surface area contributed by atoms with E-state index in [-0.39, 0.29) is 11.9 Å². The summed E-state index contributed by atoms with van der Waals surface area (Å²) in [6.45, 7) is 2.95. The predicted octanol–water partition coefficient (Wildman–Crippen LogP) is 3.91. The predicted molar refractivity (Wildman–Crippen MR) is 88.7 cm³/mol. The average Bonchev–Trinajstić information content (AvgIpc) is 2.94. The molecule has 0 saturated carbocycles. The van der Waals surface area contributed by atoms with Gasteiger partial charge in [-0.15, -0.1) is 0 Å². The van der Waals surface area contributed by atoms with Gasteiger partial charge in [0, 0.05) is 22.3 Å². The smallest absolute Gasteiger partial charge is 0.251 e. The van der Waals surface area contributed by atoms with Gasteiger partial charge < -0.3 is 10.6 Å². The Hall–Kier alpha value is -1.81. The minimum absolute atomic E-state index is 0.0343. The van der Waals surface area contributed by atoms with Gasteiger partial charge in [-0.05, 0) is 48.7 Å². The van der Waals surface area contributed by atoms with E-state index >= 15 is 0 Å². The van der Waals surface area contributed by atoms with Gasteiger partial charge in [-0.25, -0.2) is 0 Å². The monoisotopic (exact) mass is 344 g/mol. The van der Waals surface area contributed by atoms with Crippen LogP contribution in [0.4, 0.5) is 5.69 Å². The van der Waals surface area contributed by atoms with Crippen LogP contribution < -0.4 is 10.6 Å². The number of carbonyl (C=O) groups excluding carboxylic acids is 1. The molecular formula is C17H17BrN2O. The van der Waals surface area contributed by atoms with Crippen molar-refractivity contribution in [1.82, 2.24) is 5.32 Å². The van der Waals surface area contributed by atoms with E-state index in [1.165, 1.54) is 5.56 Å². The van der Waals surface area contributed by atoms with E-state index in [1.54, 1.807) is 0 Å². The zero-order valence-electron chi connectivity index (χ0n) is 11.8. The summed E-state index contributed by atoms with van der Waals surface area (Å²) < 4.78 is 1.01. The largest absolute Gasteiger partial charge is 0.384 e. The van der Waals surface area contributed by atoms with E-state index in [0.717, 1.165) is 34.3 Å². The fourth-order valence-corrected chi connectivity index (χ4v) is 3.26. The van der Waals surface area contributed by atoms with Crippen molar-refractivity contribution < 1.29 is 4.79 Å². The van der Waals surface area contributed by atoms with Crippen molar-refractivity contribution in [2.75, 3.05) is 11.9 Å². The van der Waals surface area contributed by atoms with Gasteiger partial charge in [-0.1, -0.05) is 34.1 Å². The molecule has 3 rings (SSSR count). The zero-order chi connectivity index (χ0) is 14.8. The standard InChI is InChI=1S/C17H17BrN2O/c1-11(14-4-2-3-5-15(14)18)20-17(21)13-6-7-16-12(10-13)8-9-19-16/h2-7,10-11,19H,8-9H2,1H3,(H,20,21)/t11-/m0/s1. The molecule has 0 bridgehead atoms. The molecule has 0 saturated heterocycles. The number of amides is 1. The highest BCUT2D eigenvalue weighted by Crippen LogP contribution is 2.25. The lowest BCUT2D eigenvalue weighted by molar-refractivity contribution is 0.0939. The van der Waals surface area contributed by atoms with Crippen LogP contribution in [0.1, 0.15) is 34.5 Å². The number of benzene rings is 2. The van der Waals surface area contributed by atoms with Crippen LogP contribution >= 0.6 is 15.9 Å². The number of carbonyl (C=O) groups is 1. The molecule has 0 fully saturated rings. The third-order valence-corrected chi connectivity index (χ3v) is 4.52. The Balaban J connectivity index is 1.76. The van der Waals surface area contributed by atoms with E-state index < -0.39 is 0 Å². The first-order chi connectivity index (χ1) is 10.1. The van der Waals surface area contributed by atoms with E-state index in [2.05, 4.69) is 26.6 Å². The maximum absolute atomic E-state index is 12.4. The first-order valence-electron chi connectivity index (χ1n) is 7.07. The first kappa shape index (κ1) is 14.1. The Morgan fingerprint density at radius 3 is 2.90 bits per heavy atom. The summed E-state index contributed by atoms with van der Waals surface area (Å²) in [7, 11) is 0. The van der Waals surface area contributed by atoms with Gasteiger partial charge in [-0.2, -0.15) is 0 Å². The number of fused-ring (bicyclic) bond motifs is 1. The van der Waals surface area contributed by atoms with Gasteiger partial charge in [0.25, 0.3) is 5.91 Å². The van der Waals surface area contributed by atoms with Crippen molar-refractivity contribution in [2.24, 2.45) is 0 Å². The lowest BCUT2D eigenvalue weighted by atomic mass is 10.1. The zero-order valence-corrected chi connectivity index (χ0v) is 13.4. The van der Waals surface area contributed by atoms with Gasteiger partial charge in [0.1, 0.15) is 0 Å². The van der Waals surface area contributed by atoms with Crippen LogP contribution in [0.5, 0.6) is 0 Å². The Labute approximate surface area is 132 Å². The molecule has 1 aliphatic heterocycles. The maximum atomic E-state index is 12.4. The van der Waals surface area contributed by atoms with Crippen molar-refractivity contribution in [3.63, 3.8) is 0 Å².